The van der Waals surface area contributed by atoms with Crippen LogP contribution in [0.15, 0.2) is 42.6 Å². The Morgan fingerprint density at radius 2 is 1.86 bits per heavy atom. The molecule has 0 bridgehead atoms. The molecule has 1 amide bonds. The molecule has 3 atom stereocenters. The van der Waals surface area contributed by atoms with Crippen molar-refractivity contribution in [1.29, 1.82) is 0 Å². The Balaban J connectivity index is 1.23. The van der Waals surface area contributed by atoms with Crippen LogP contribution in [0.4, 0.5) is 19.0 Å². The van der Waals surface area contributed by atoms with E-state index >= 15 is 0 Å². The van der Waals surface area contributed by atoms with Crippen LogP contribution in [-0.4, -0.2) is 44.9 Å². The zero-order valence-corrected chi connectivity index (χ0v) is 19.5. The lowest BCUT2D eigenvalue weighted by Crippen LogP contribution is -2.42. The van der Waals surface area contributed by atoms with Crippen LogP contribution >= 0.6 is 11.3 Å². The normalized spacial score (nSPS) is 20.8. The Morgan fingerprint density at radius 1 is 1.11 bits per heavy atom. The second-order valence-corrected chi connectivity index (χ2v) is 10.2. The number of hydrogen-bond acceptors (Lipinski definition) is 6. The number of aryl methyl sites for hydroxylation is 1. The van der Waals surface area contributed by atoms with Gasteiger partial charge in [-0.05, 0) is 42.9 Å². The van der Waals surface area contributed by atoms with Gasteiger partial charge in [0, 0.05) is 25.2 Å². The first-order valence-electron chi connectivity index (χ1n) is 11.3. The Hall–Kier alpha value is -3.53. The Bertz CT molecular complexity index is 1460. The average molecular weight is 496 g/mol. The monoisotopic (exact) mass is 495 g/mol. The van der Waals surface area contributed by atoms with Crippen molar-refractivity contribution in [3.63, 3.8) is 0 Å². The predicted molar refractivity (Wildman–Crippen MR) is 127 cm³/mol. The van der Waals surface area contributed by atoms with Crippen molar-refractivity contribution in [3.05, 3.63) is 70.7 Å². The minimum Gasteiger partial charge on any atom is -0.367 e. The molecule has 0 spiro atoms. The van der Waals surface area contributed by atoms with Crippen LogP contribution in [0.1, 0.15) is 21.9 Å². The number of likely N-dealkylation sites (tertiary alicyclic amines) is 1. The number of anilines is 1. The van der Waals surface area contributed by atoms with Gasteiger partial charge in [0.25, 0.3) is 5.91 Å². The number of amides is 1. The number of aromatic nitrogens is 3. The van der Waals surface area contributed by atoms with Crippen LogP contribution in [0.5, 0.6) is 0 Å². The number of carbonyl (C=O) groups excluding carboxylic acids is 1. The van der Waals surface area contributed by atoms with E-state index in [1.54, 1.807) is 12.1 Å². The number of nitrogens with zero attached hydrogens (tertiary/aromatic N) is 4. The van der Waals surface area contributed by atoms with Crippen molar-refractivity contribution in [2.45, 2.75) is 19.4 Å². The summed E-state index contributed by atoms with van der Waals surface area (Å²) in [5.74, 6) is -1.15. The Morgan fingerprint density at radius 3 is 2.63 bits per heavy atom. The number of hydrogen-bond donors (Lipinski definition) is 1. The Labute approximate surface area is 202 Å². The molecule has 10 heteroatoms. The van der Waals surface area contributed by atoms with E-state index in [4.69, 9.17) is 0 Å². The quantitative estimate of drug-likeness (QED) is 0.420. The number of rotatable bonds is 5. The van der Waals surface area contributed by atoms with Gasteiger partial charge in [0.2, 0.25) is 0 Å². The first kappa shape index (κ1) is 22.0. The topological polar surface area (TPSA) is 71.0 Å². The summed E-state index contributed by atoms with van der Waals surface area (Å²) in [6.45, 7) is 2.96. The summed E-state index contributed by atoms with van der Waals surface area (Å²) in [7, 11) is 0. The van der Waals surface area contributed by atoms with Gasteiger partial charge < -0.3 is 10.2 Å². The summed E-state index contributed by atoms with van der Waals surface area (Å²) in [5.41, 5.74) is 1.66. The molecular weight excluding hydrogens is 475 g/mol. The third kappa shape index (κ3) is 4.01. The fraction of sp³-hybridized carbons (Fsp3) is 0.280. The second-order valence-electron chi connectivity index (χ2n) is 8.99. The highest BCUT2D eigenvalue weighted by Gasteiger charge is 2.54. The minimum atomic E-state index is -0.979. The lowest BCUT2D eigenvalue weighted by atomic mass is 10.1. The van der Waals surface area contributed by atoms with Gasteiger partial charge in [-0.3, -0.25) is 9.78 Å². The highest BCUT2D eigenvalue weighted by molar-refractivity contribution is 7.15. The van der Waals surface area contributed by atoms with Crippen molar-refractivity contribution >= 4 is 34.1 Å². The maximum atomic E-state index is 13.6. The number of piperidine rings is 1. The number of benzene rings is 2. The van der Waals surface area contributed by atoms with Crippen LogP contribution in [0.25, 0.3) is 21.5 Å². The molecule has 3 heterocycles. The van der Waals surface area contributed by atoms with Crippen molar-refractivity contribution in [2.75, 3.05) is 18.4 Å². The van der Waals surface area contributed by atoms with Gasteiger partial charge >= 0.3 is 0 Å². The SMILES string of the molecule is Cc1nc(C(=O)N2CC3CC3C2CNc2cnc3cc(F)c(F)cc3n2)c(-c2ccc(F)cc2)s1. The molecule has 6 rings (SSSR count). The van der Waals surface area contributed by atoms with Crippen molar-refractivity contribution in [3.8, 4) is 10.4 Å². The maximum Gasteiger partial charge on any atom is 0.274 e. The minimum absolute atomic E-state index is 0.0574. The van der Waals surface area contributed by atoms with Crippen LogP contribution in [-0.2, 0) is 0 Å². The van der Waals surface area contributed by atoms with Crippen molar-refractivity contribution < 1.29 is 18.0 Å². The number of fused-ring (bicyclic) bond motifs is 2. The van der Waals surface area contributed by atoms with E-state index in [9.17, 15) is 18.0 Å². The first-order chi connectivity index (χ1) is 16.9. The van der Waals surface area contributed by atoms with Gasteiger partial charge in [-0.1, -0.05) is 12.1 Å². The summed E-state index contributed by atoms with van der Waals surface area (Å²) < 4.78 is 40.5. The molecule has 1 saturated heterocycles. The molecular formula is C25H20F3N5OS. The molecule has 4 aromatic rings. The fourth-order valence-electron chi connectivity index (χ4n) is 4.87. The van der Waals surface area contributed by atoms with Crippen LogP contribution in [0.3, 0.4) is 0 Å². The zero-order valence-electron chi connectivity index (χ0n) is 18.6. The molecule has 2 fully saturated rings. The lowest BCUT2D eigenvalue weighted by Gasteiger charge is -2.27. The van der Waals surface area contributed by atoms with E-state index < -0.39 is 11.6 Å². The molecule has 1 saturated carbocycles. The molecule has 178 valence electrons. The van der Waals surface area contributed by atoms with E-state index in [2.05, 4.69) is 20.3 Å². The van der Waals surface area contributed by atoms with E-state index in [0.717, 1.165) is 34.0 Å². The molecule has 2 aromatic heterocycles. The lowest BCUT2D eigenvalue weighted by molar-refractivity contribution is 0.0711. The summed E-state index contributed by atoms with van der Waals surface area (Å²) in [4.78, 5) is 29.2. The van der Waals surface area contributed by atoms with E-state index in [0.29, 0.717) is 36.4 Å². The van der Waals surface area contributed by atoms with Crippen molar-refractivity contribution in [1.82, 2.24) is 19.9 Å². The standard InChI is InChI=1S/C25H20F3N5OS/c1-12-31-23(24(35-12)13-2-4-15(26)5-3-13)25(34)33-11-14-6-16(14)21(33)9-30-22-10-29-19-7-17(27)18(28)8-20(19)32-22/h2-5,7-8,10,14,16,21H,6,9,11H2,1H3,(H,30,32). The van der Waals surface area contributed by atoms with E-state index in [1.807, 2.05) is 11.8 Å². The highest BCUT2D eigenvalue weighted by Crippen LogP contribution is 2.50. The summed E-state index contributed by atoms with van der Waals surface area (Å²) in [6, 6.07) is 8.05. The van der Waals surface area contributed by atoms with Gasteiger partial charge in [0.1, 0.15) is 17.3 Å². The maximum absolute atomic E-state index is 13.6. The molecule has 1 N–H and O–H groups in total. The number of nitrogens with one attached hydrogen (secondary N) is 1. The van der Waals surface area contributed by atoms with Crippen molar-refractivity contribution in [2.24, 2.45) is 11.8 Å². The molecule has 1 aliphatic carbocycles. The first-order valence-corrected chi connectivity index (χ1v) is 12.1. The fourth-order valence-corrected chi connectivity index (χ4v) is 5.79. The van der Waals surface area contributed by atoms with Gasteiger partial charge in [-0.25, -0.2) is 23.1 Å². The largest absolute Gasteiger partial charge is 0.367 e. The van der Waals surface area contributed by atoms with Crippen LogP contribution in [0.2, 0.25) is 0 Å². The molecule has 1 aliphatic heterocycles. The number of halogens is 3. The Kier molecular flexibility index (Phi) is 5.21. The van der Waals surface area contributed by atoms with Gasteiger partial charge in [0.05, 0.1) is 33.2 Å². The van der Waals surface area contributed by atoms with Gasteiger partial charge in [-0.15, -0.1) is 11.3 Å². The van der Waals surface area contributed by atoms with E-state index in [-0.39, 0.29) is 28.8 Å². The average Bonchev–Trinajstić information content (AvgIpc) is 3.35. The van der Waals surface area contributed by atoms with Gasteiger partial charge in [0.15, 0.2) is 11.6 Å². The molecule has 0 radical (unpaired) electrons. The summed E-state index contributed by atoms with van der Waals surface area (Å²) in [6.07, 6.45) is 2.53. The van der Waals surface area contributed by atoms with E-state index in [1.165, 1.54) is 29.7 Å². The van der Waals surface area contributed by atoms with Gasteiger partial charge in [-0.2, -0.15) is 0 Å². The molecule has 35 heavy (non-hydrogen) atoms. The van der Waals surface area contributed by atoms with Crippen LogP contribution in [0, 0.1) is 36.2 Å². The highest BCUT2D eigenvalue weighted by atomic mass is 32.1. The number of carbonyl (C=O) groups is 1. The molecule has 3 unspecified atom stereocenters. The predicted octanol–water partition coefficient (Wildman–Crippen LogP) is 5.05. The molecule has 2 aliphatic rings. The number of thiazole rings is 1. The van der Waals surface area contributed by atoms with Crippen LogP contribution < -0.4 is 5.32 Å². The third-order valence-corrected chi connectivity index (χ3v) is 7.70. The smallest absolute Gasteiger partial charge is 0.274 e. The third-order valence-electron chi connectivity index (χ3n) is 6.68. The molecule has 6 nitrogen and oxygen atoms in total. The summed E-state index contributed by atoms with van der Waals surface area (Å²) >= 11 is 1.41. The summed E-state index contributed by atoms with van der Waals surface area (Å²) in [5, 5.41) is 3.99. The zero-order chi connectivity index (χ0) is 24.3. The second kappa shape index (κ2) is 8.30. The molecule has 2 aromatic carbocycles.